The van der Waals surface area contributed by atoms with E-state index >= 15 is 0 Å². The van der Waals surface area contributed by atoms with Crippen LogP contribution in [-0.2, 0) is 9.59 Å². The van der Waals surface area contributed by atoms with Crippen LogP contribution < -0.4 is 10.8 Å². The van der Waals surface area contributed by atoms with E-state index in [1.807, 2.05) is 13.8 Å². The zero-order valence-corrected chi connectivity index (χ0v) is 9.49. The van der Waals surface area contributed by atoms with E-state index in [4.69, 9.17) is 5.73 Å². The van der Waals surface area contributed by atoms with Crippen LogP contribution in [-0.4, -0.2) is 11.9 Å². The van der Waals surface area contributed by atoms with Crippen molar-refractivity contribution in [2.24, 2.45) is 17.6 Å². The topological polar surface area (TPSA) is 83.2 Å². The number of nitrogens with two attached hydrogens (primary N) is 1. The largest absolute Gasteiger partial charge is 0.550 e. The number of aliphatic carboxylic acids is 1. The lowest BCUT2D eigenvalue weighted by atomic mass is 9.88. The van der Waals surface area contributed by atoms with Crippen LogP contribution in [0.25, 0.3) is 0 Å². The molecule has 0 saturated heterocycles. The number of carbonyl (C=O) groups excluding carboxylic acids is 2. The van der Waals surface area contributed by atoms with Crippen molar-refractivity contribution in [3.05, 3.63) is 0 Å². The number of carboxylic acid groups (broad SMARTS) is 1. The Morgan fingerprint density at radius 3 is 1.93 bits per heavy atom. The molecule has 0 fully saturated rings. The van der Waals surface area contributed by atoms with Crippen LogP contribution in [0.3, 0.4) is 0 Å². The molecule has 0 aromatic carbocycles. The molecule has 0 heterocycles. The molecular weight excluding hydrogens is 194 g/mol. The van der Waals surface area contributed by atoms with Crippen LogP contribution in [0.15, 0.2) is 0 Å². The quantitative estimate of drug-likeness (QED) is 0.636. The number of hydrogen-bond donors (Lipinski definition) is 1. The van der Waals surface area contributed by atoms with E-state index < -0.39 is 17.8 Å². The second-order valence-electron chi connectivity index (χ2n) is 3.93. The highest BCUT2D eigenvalue weighted by Gasteiger charge is 2.20. The van der Waals surface area contributed by atoms with Gasteiger partial charge in [-0.3, -0.25) is 4.79 Å². The van der Waals surface area contributed by atoms with Gasteiger partial charge in [0, 0.05) is 11.9 Å². The maximum Gasteiger partial charge on any atom is 0.220 e. The molecule has 0 aliphatic heterocycles. The van der Waals surface area contributed by atoms with Crippen molar-refractivity contribution in [3.63, 3.8) is 0 Å². The van der Waals surface area contributed by atoms with Crippen molar-refractivity contribution in [2.45, 2.75) is 46.0 Å². The zero-order valence-electron chi connectivity index (χ0n) is 9.49. The van der Waals surface area contributed by atoms with Crippen LogP contribution in [0.4, 0.5) is 0 Å². The van der Waals surface area contributed by atoms with E-state index in [9.17, 15) is 14.7 Å². The smallest absolute Gasteiger partial charge is 0.220 e. The number of carboxylic acids is 1. The Bertz CT molecular complexity index is 194. The summed E-state index contributed by atoms with van der Waals surface area (Å²) in [5.41, 5.74) is 5.22. The highest BCUT2D eigenvalue weighted by Crippen LogP contribution is 2.20. The molecule has 0 spiro atoms. The Morgan fingerprint density at radius 1 is 1.13 bits per heavy atom. The first-order valence-electron chi connectivity index (χ1n) is 5.53. The van der Waals surface area contributed by atoms with Crippen molar-refractivity contribution in [1.82, 2.24) is 0 Å². The summed E-state index contributed by atoms with van der Waals surface area (Å²) in [6.45, 7) is 3.86. The molecule has 0 radical (unpaired) electrons. The van der Waals surface area contributed by atoms with Crippen LogP contribution in [0, 0.1) is 11.8 Å². The first-order chi connectivity index (χ1) is 7.02. The minimum Gasteiger partial charge on any atom is -0.550 e. The van der Waals surface area contributed by atoms with E-state index in [2.05, 4.69) is 0 Å². The summed E-state index contributed by atoms with van der Waals surface area (Å²) in [6.07, 6.45) is 3.13. The second-order valence-corrected chi connectivity index (χ2v) is 3.93. The maximum atomic E-state index is 11.1. The van der Waals surface area contributed by atoms with Gasteiger partial charge in [0.1, 0.15) is 0 Å². The molecule has 2 N–H and O–H groups in total. The van der Waals surface area contributed by atoms with Gasteiger partial charge in [0.2, 0.25) is 5.91 Å². The van der Waals surface area contributed by atoms with Crippen molar-refractivity contribution >= 4 is 11.9 Å². The lowest BCUT2D eigenvalue weighted by Crippen LogP contribution is -2.35. The predicted octanol–water partition coefficient (Wildman–Crippen LogP) is 0.444. The second kappa shape index (κ2) is 7.26. The van der Waals surface area contributed by atoms with Gasteiger partial charge in [0.15, 0.2) is 0 Å². The number of hydrogen-bond acceptors (Lipinski definition) is 3. The first kappa shape index (κ1) is 13.9. The van der Waals surface area contributed by atoms with Gasteiger partial charge in [-0.25, -0.2) is 0 Å². The van der Waals surface area contributed by atoms with Crippen LogP contribution in [0.5, 0.6) is 0 Å². The summed E-state index contributed by atoms with van der Waals surface area (Å²) in [5, 5.41) is 10.8. The van der Waals surface area contributed by atoms with E-state index in [1.54, 1.807) is 0 Å². The van der Waals surface area contributed by atoms with Crippen molar-refractivity contribution < 1.29 is 14.7 Å². The Balaban J connectivity index is 4.32. The predicted molar refractivity (Wildman–Crippen MR) is 55.6 cm³/mol. The minimum absolute atomic E-state index is 0.319. The molecule has 0 aliphatic rings. The summed E-state index contributed by atoms with van der Waals surface area (Å²) in [4.78, 5) is 21.8. The molecule has 0 rings (SSSR count). The summed E-state index contributed by atoms with van der Waals surface area (Å²) < 4.78 is 0. The Morgan fingerprint density at radius 2 is 1.60 bits per heavy atom. The lowest BCUT2D eigenvalue weighted by Gasteiger charge is -2.21. The van der Waals surface area contributed by atoms with Crippen LogP contribution in [0.1, 0.15) is 46.0 Å². The van der Waals surface area contributed by atoms with Gasteiger partial charge in [0.25, 0.3) is 0 Å². The number of rotatable bonds is 8. The number of primary amides is 1. The highest BCUT2D eigenvalue weighted by molar-refractivity contribution is 5.77. The number of carbonyl (C=O) groups is 2. The molecule has 0 aromatic rings. The summed E-state index contributed by atoms with van der Waals surface area (Å²) in [6, 6.07) is 0. The van der Waals surface area contributed by atoms with Gasteiger partial charge >= 0.3 is 0 Å². The third-order valence-corrected chi connectivity index (χ3v) is 2.58. The third-order valence-electron chi connectivity index (χ3n) is 2.58. The maximum absolute atomic E-state index is 11.1. The molecule has 0 aliphatic carbocycles. The van der Waals surface area contributed by atoms with Gasteiger partial charge in [-0.15, -0.1) is 0 Å². The molecule has 4 heteroatoms. The van der Waals surface area contributed by atoms with E-state index in [0.717, 1.165) is 12.8 Å². The molecule has 4 nitrogen and oxygen atoms in total. The number of amides is 1. The average Bonchev–Trinajstić information content (AvgIpc) is 2.15. The van der Waals surface area contributed by atoms with Gasteiger partial charge in [-0.2, -0.15) is 0 Å². The molecule has 2 atom stereocenters. The molecule has 0 bridgehead atoms. The van der Waals surface area contributed by atoms with Crippen molar-refractivity contribution in [2.75, 3.05) is 0 Å². The summed E-state index contributed by atoms with van der Waals surface area (Å²) >= 11 is 0. The van der Waals surface area contributed by atoms with E-state index in [1.165, 1.54) is 0 Å². The molecule has 1 amide bonds. The van der Waals surface area contributed by atoms with Crippen molar-refractivity contribution in [1.29, 1.82) is 0 Å². The van der Waals surface area contributed by atoms with Gasteiger partial charge in [0.05, 0.1) is 0 Å². The third kappa shape index (κ3) is 5.40. The zero-order chi connectivity index (χ0) is 11.8. The fourth-order valence-electron chi connectivity index (χ4n) is 1.75. The van der Waals surface area contributed by atoms with Crippen LogP contribution in [0.2, 0.25) is 0 Å². The van der Waals surface area contributed by atoms with Crippen molar-refractivity contribution in [3.8, 4) is 0 Å². The summed E-state index contributed by atoms with van der Waals surface area (Å²) in [5.74, 6) is -2.35. The first-order valence-corrected chi connectivity index (χ1v) is 5.53. The molecule has 0 saturated carbocycles. The Kier molecular flexibility index (Phi) is 6.75. The highest BCUT2D eigenvalue weighted by atomic mass is 16.4. The standard InChI is InChI=1S/C11H21NO3/c1-3-5-8(10(12)13)7-9(6-4-2)11(14)15/h8-9H,3-7H2,1-2H3,(H2,12,13)(H,14,15)/p-1. The van der Waals surface area contributed by atoms with Crippen LogP contribution >= 0.6 is 0 Å². The van der Waals surface area contributed by atoms with Gasteiger partial charge < -0.3 is 15.6 Å². The average molecular weight is 214 g/mol. The molecular formula is C11H20NO3-. The molecule has 15 heavy (non-hydrogen) atoms. The summed E-state index contributed by atoms with van der Waals surface area (Å²) in [7, 11) is 0. The Labute approximate surface area is 90.8 Å². The fraction of sp³-hybridized carbons (Fsp3) is 0.818. The van der Waals surface area contributed by atoms with Gasteiger partial charge in [-0.1, -0.05) is 26.7 Å². The monoisotopic (exact) mass is 214 g/mol. The van der Waals surface area contributed by atoms with E-state index in [0.29, 0.717) is 19.3 Å². The Hall–Kier alpha value is -1.06. The fourth-order valence-corrected chi connectivity index (χ4v) is 1.75. The SMILES string of the molecule is CCCC(CC(CCC)C(=O)[O-])C(N)=O. The van der Waals surface area contributed by atoms with E-state index in [-0.39, 0.29) is 5.92 Å². The molecule has 0 aromatic heterocycles. The normalized spacial score (nSPS) is 14.5. The van der Waals surface area contributed by atoms with Gasteiger partial charge in [-0.05, 0) is 25.2 Å². The lowest BCUT2D eigenvalue weighted by molar-refractivity contribution is -0.312. The minimum atomic E-state index is -1.07. The molecule has 88 valence electrons. The molecule has 2 unspecified atom stereocenters.